The summed E-state index contributed by atoms with van der Waals surface area (Å²) in [5.41, 5.74) is 0.262. The van der Waals surface area contributed by atoms with Gasteiger partial charge in [-0.25, -0.2) is 8.42 Å². The summed E-state index contributed by atoms with van der Waals surface area (Å²) in [6.45, 7) is 1.56. The summed E-state index contributed by atoms with van der Waals surface area (Å²) in [5.74, 6) is 1.18. The first-order chi connectivity index (χ1) is 14.4. The van der Waals surface area contributed by atoms with Crippen LogP contribution < -0.4 is 14.4 Å². The lowest BCUT2D eigenvalue weighted by Crippen LogP contribution is -2.37. The van der Waals surface area contributed by atoms with Crippen molar-refractivity contribution in [3.63, 3.8) is 0 Å². The number of sulfonamides is 1. The van der Waals surface area contributed by atoms with Gasteiger partial charge < -0.3 is 4.74 Å². The molecule has 0 aliphatic carbocycles. The predicted octanol–water partition coefficient (Wildman–Crippen LogP) is 3.85. The van der Waals surface area contributed by atoms with Crippen LogP contribution in [0.15, 0.2) is 58.9 Å². The van der Waals surface area contributed by atoms with Crippen LogP contribution in [0.4, 0.5) is 10.8 Å². The van der Waals surface area contributed by atoms with Crippen LogP contribution in [0.25, 0.3) is 0 Å². The van der Waals surface area contributed by atoms with Gasteiger partial charge in [0.05, 0.1) is 11.9 Å². The molecular formula is C19H20N4O4S3. The number of rotatable bonds is 9. The topological polar surface area (TPSA) is 101 Å². The number of ether oxygens (including phenoxy) is 1. The highest BCUT2D eigenvalue weighted by Gasteiger charge is 2.24. The molecule has 158 valence electrons. The Morgan fingerprint density at radius 3 is 2.53 bits per heavy atom. The van der Waals surface area contributed by atoms with E-state index in [0.29, 0.717) is 16.6 Å². The van der Waals surface area contributed by atoms with E-state index in [2.05, 4.69) is 15.5 Å². The van der Waals surface area contributed by atoms with E-state index in [1.807, 2.05) is 25.1 Å². The highest BCUT2D eigenvalue weighted by atomic mass is 32.2. The number of benzene rings is 2. The molecule has 0 unspecified atom stereocenters. The number of thioether (sulfide) groups is 1. The first-order valence-electron chi connectivity index (χ1n) is 8.92. The SMILES string of the molecule is CCSc1nnc(NC(=O)CN(c2ccccc2Oc2ccccc2)S(C)(=O)=O)s1. The number of nitrogens with zero attached hydrogens (tertiary/aromatic N) is 3. The summed E-state index contributed by atoms with van der Waals surface area (Å²) in [7, 11) is -3.77. The Bertz CT molecular complexity index is 1100. The normalized spacial score (nSPS) is 11.1. The van der Waals surface area contributed by atoms with E-state index in [1.54, 1.807) is 36.4 Å². The van der Waals surface area contributed by atoms with E-state index in [0.717, 1.165) is 20.7 Å². The number of nitrogens with one attached hydrogen (secondary N) is 1. The summed E-state index contributed by atoms with van der Waals surface area (Å²) >= 11 is 2.75. The number of aromatic nitrogens is 2. The largest absolute Gasteiger partial charge is 0.455 e. The minimum atomic E-state index is -3.77. The third-order valence-corrected chi connectivity index (χ3v) is 6.69. The zero-order valence-corrected chi connectivity index (χ0v) is 18.8. The van der Waals surface area contributed by atoms with Crippen molar-refractivity contribution in [2.75, 3.05) is 28.2 Å². The zero-order chi connectivity index (χ0) is 21.6. The molecule has 0 saturated carbocycles. The lowest BCUT2D eigenvalue weighted by Gasteiger charge is -2.23. The van der Waals surface area contributed by atoms with Gasteiger partial charge in [-0.1, -0.05) is 60.4 Å². The molecule has 1 amide bonds. The minimum absolute atomic E-state index is 0.262. The molecule has 3 aromatic rings. The molecule has 30 heavy (non-hydrogen) atoms. The van der Waals surface area contributed by atoms with Crippen LogP contribution in [0, 0.1) is 0 Å². The average molecular weight is 465 g/mol. The number of hydrogen-bond acceptors (Lipinski definition) is 8. The van der Waals surface area contributed by atoms with Crippen molar-refractivity contribution in [3.05, 3.63) is 54.6 Å². The molecule has 0 bridgehead atoms. The Morgan fingerprint density at radius 1 is 1.13 bits per heavy atom. The summed E-state index contributed by atoms with van der Waals surface area (Å²) < 4.78 is 32.5. The van der Waals surface area contributed by atoms with Crippen molar-refractivity contribution >= 4 is 49.8 Å². The first kappa shape index (κ1) is 22.1. The van der Waals surface area contributed by atoms with Gasteiger partial charge in [-0.2, -0.15) is 0 Å². The second-order valence-corrected chi connectivity index (χ2v) is 10.4. The van der Waals surface area contributed by atoms with Gasteiger partial charge in [0.15, 0.2) is 10.1 Å². The van der Waals surface area contributed by atoms with Gasteiger partial charge in [-0.05, 0) is 30.0 Å². The Morgan fingerprint density at radius 2 is 1.83 bits per heavy atom. The smallest absolute Gasteiger partial charge is 0.246 e. The monoisotopic (exact) mass is 464 g/mol. The number of amides is 1. The second-order valence-electron chi connectivity index (χ2n) is 6.01. The number of carbonyl (C=O) groups is 1. The summed E-state index contributed by atoms with van der Waals surface area (Å²) in [6.07, 6.45) is 1.04. The third-order valence-electron chi connectivity index (χ3n) is 3.71. The maximum absolute atomic E-state index is 12.6. The molecule has 0 radical (unpaired) electrons. The minimum Gasteiger partial charge on any atom is -0.455 e. The Labute approximate surface area is 183 Å². The molecule has 1 N–H and O–H groups in total. The van der Waals surface area contributed by atoms with Gasteiger partial charge in [0.25, 0.3) is 0 Å². The highest BCUT2D eigenvalue weighted by molar-refractivity contribution is 8.01. The van der Waals surface area contributed by atoms with Crippen LogP contribution in [0.3, 0.4) is 0 Å². The predicted molar refractivity (Wildman–Crippen MR) is 120 cm³/mol. The van der Waals surface area contributed by atoms with E-state index in [9.17, 15) is 13.2 Å². The molecule has 0 fully saturated rings. The van der Waals surface area contributed by atoms with Crippen LogP contribution >= 0.6 is 23.1 Å². The summed E-state index contributed by atoms with van der Waals surface area (Å²) in [6, 6.07) is 15.7. The second kappa shape index (κ2) is 9.92. The van der Waals surface area contributed by atoms with Crippen molar-refractivity contribution in [1.29, 1.82) is 0 Å². The number of para-hydroxylation sites is 3. The lowest BCUT2D eigenvalue weighted by molar-refractivity contribution is -0.114. The standard InChI is InChI=1S/C19H20N4O4S3/c1-3-28-19-22-21-18(29-19)20-17(24)13-23(30(2,25)26)15-11-7-8-12-16(15)27-14-9-5-4-6-10-14/h4-12H,3,13H2,1-2H3,(H,20,21,24). The molecule has 0 saturated heterocycles. The van der Waals surface area contributed by atoms with Gasteiger partial charge in [-0.3, -0.25) is 14.4 Å². The van der Waals surface area contributed by atoms with Gasteiger partial charge in [0, 0.05) is 0 Å². The van der Waals surface area contributed by atoms with Crippen LogP contribution in [-0.4, -0.2) is 43.1 Å². The van der Waals surface area contributed by atoms with E-state index < -0.39 is 22.5 Å². The Hall–Kier alpha value is -2.63. The van der Waals surface area contributed by atoms with Crippen LogP contribution in [0.2, 0.25) is 0 Å². The molecule has 0 spiro atoms. The van der Waals surface area contributed by atoms with Crippen LogP contribution in [0.5, 0.6) is 11.5 Å². The van der Waals surface area contributed by atoms with Crippen molar-refractivity contribution < 1.29 is 17.9 Å². The average Bonchev–Trinajstić information content (AvgIpc) is 3.14. The molecule has 1 heterocycles. The first-order valence-corrected chi connectivity index (χ1v) is 12.6. The zero-order valence-electron chi connectivity index (χ0n) is 16.3. The lowest BCUT2D eigenvalue weighted by atomic mass is 10.3. The maximum Gasteiger partial charge on any atom is 0.246 e. The van der Waals surface area contributed by atoms with Gasteiger partial charge in [0.1, 0.15) is 12.3 Å². The van der Waals surface area contributed by atoms with Gasteiger partial charge in [-0.15, -0.1) is 10.2 Å². The van der Waals surface area contributed by atoms with E-state index in [1.165, 1.54) is 23.1 Å². The Balaban J connectivity index is 1.82. The maximum atomic E-state index is 12.6. The molecular weight excluding hydrogens is 444 g/mol. The molecule has 1 aromatic heterocycles. The fourth-order valence-electron chi connectivity index (χ4n) is 2.48. The number of anilines is 2. The van der Waals surface area contributed by atoms with Crippen LogP contribution in [0.1, 0.15) is 6.92 Å². The molecule has 0 aliphatic heterocycles. The molecule has 3 rings (SSSR count). The van der Waals surface area contributed by atoms with Crippen molar-refractivity contribution in [2.24, 2.45) is 0 Å². The quantitative estimate of drug-likeness (QED) is 0.379. The van der Waals surface area contributed by atoms with Crippen molar-refractivity contribution in [3.8, 4) is 11.5 Å². The molecule has 2 aromatic carbocycles. The Kier molecular flexibility index (Phi) is 7.29. The molecule has 8 nitrogen and oxygen atoms in total. The van der Waals surface area contributed by atoms with Gasteiger partial charge >= 0.3 is 0 Å². The fourth-order valence-corrected chi connectivity index (χ4v) is 5.00. The molecule has 0 atom stereocenters. The highest BCUT2D eigenvalue weighted by Crippen LogP contribution is 2.33. The summed E-state index contributed by atoms with van der Waals surface area (Å²) in [5, 5.41) is 10.8. The van der Waals surface area contributed by atoms with Crippen molar-refractivity contribution in [1.82, 2.24) is 10.2 Å². The van der Waals surface area contributed by atoms with E-state index in [4.69, 9.17) is 4.74 Å². The van der Waals surface area contributed by atoms with E-state index in [-0.39, 0.29) is 5.69 Å². The third kappa shape index (κ3) is 5.94. The summed E-state index contributed by atoms with van der Waals surface area (Å²) in [4.78, 5) is 12.6. The number of carbonyl (C=O) groups excluding carboxylic acids is 1. The number of hydrogen-bond donors (Lipinski definition) is 1. The van der Waals surface area contributed by atoms with Crippen LogP contribution in [-0.2, 0) is 14.8 Å². The van der Waals surface area contributed by atoms with E-state index >= 15 is 0 Å². The van der Waals surface area contributed by atoms with Crippen molar-refractivity contribution in [2.45, 2.75) is 11.3 Å². The molecule has 0 aliphatic rings. The fraction of sp³-hybridized carbons (Fsp3) is 0.211. The molecule has 11 heteroatoms. The van der Waals surface area contributed by atoms with Gasteiger partial charge in [0.2, 0.25) is 21.1 Å².